The molecule has 0 aliphatic heterocycles. The largest absolute Gasteiger partial charge is 0.492 e. The number of benzene rings is 4. The van der Waals surface area contributed by atoms with Crippen molar-refractivity contribution in [2.75, 3.05) is 89.8 Å². The number of ether oxygens (including phenoxy) is 4. The summed E-state index contributed by atoms with van der Waals surface area (Å²) in [5, 5.41) is 16.6. The Labute approximate surface area is 587 Å². The first kappa shape index (κ1) is 76.5. The summed E-state index contributed by atoms with van der Waals surface area (Å²) in [6, 6.07) is 30.3. The molecular formula is C68H77Cl2N11O13S4. The molecule has 5 amide bonds. The molecule has 0 saturated heterocycles. The minimum absolute atomic E-state index is 0.0286. The first-order chi connectivity index (χ1) is 46.0. The number of nitrogens with two attached hydrogens (primary N) is 1. The standard InChI is InChI=1S/C33H29Cl2N5O6S2.C31H37N5O6S2.C4H11NO/c1-33(2,3)21-14-23(28(46-4)24(15-21)40(48(5,44)45)32(43)20-10-12-27(35)37-17-20)39-31(42)25-13-18-7-6-8-22(29(18)47-25)38-30(41)19-9-11-26(34)36-16-19;1-18(17-41-5)33-26-12-11-20(16-32-26)29(37)34-22-10-8-9-19-13-25(43-28(19)22)30(38)35-23-14-21(31(2,3)4)15-24(27(23)42-6)36-44(7,39)40;1-4(5)3-6-2/h6-17H,1-5H3,(H,38,41)(H,39,42);8-16,18,36H,17H2,1-7H3,(H,32,33)(H,34,37)(H,35,38);4H,3,5H2,1-2H3/t;18-;4-/m.00/s1. The van der Waals surface area contributed by atoms with Gasteiger partial charge in [-0.2, -0.15) is 4.31 Å². The number of sulfonamides is 2. The molecule has 0 radical (unpaired) electrons. The van der Waals surface area contributed by atoms with Crippen LogP contribution in [0.1, 0.15) is 117 Å². The average molecular weight is 1460 g/mol. The summed E-state index contributed by atoms with van der Waals surface area (Å²) in [7, 11) is -1.86. The van der Waals surface area contributed by atoms with Crippen molar-refractivity contribution in [3.8, 4) is 11.5 Å². The van der Waals surface area contributed by atoms with E-state index in [1.165, 1.54) is 62.3 Å². The van der Waals surface area contributed by atoms with Crippen LogP contribution in [0.3, 0.4) is 0 Å². The van der Waals surface area contributed by atoms with Crippen LogP contribution in [0, 0.1) is 0 Å². The summed E-state index contributed by atoms with van der Waals surface area (Å²) in [6.45, 7) is 16.7. The molecule has 0 saturated carbocycles. The molecule has 520 valence electrons. The van der Waals surface area contributed by atoms with Crippen LogP contribution in [0.15, 0.2) is 128 Å². The summed E-state index contributed by atoms with van der Waals surface area (Å²) in [5.74, 6) is -1.80. The number of aromatic nitrogens is 3. The zero-order valence-electron chi connectivity index (χ0n) is 56.3. The van der Waals surface area contributed by atoms with E-state index in [0.717, 1.165) is 39.5 Å². The third-order valence-corrected chi connectivity index (χ3v) is 18.5. The molecule has 2 atom stereocenters. The number of nitrogens with zero attached hydrogens (tertiary/aromatic N) is 4. The second-order valence-electron chi connectivity index (χ2n) is 24.5. The minimum atomic E-state index is -4.23. The van der Waals surface area contributed by atoms with Crippen molar-refractivity contribution in [1.29, 1.82) is 0 Å². The van der Waals surface area contributed by atoms with Gasteiger partial charge in [-0.05, 0) is 132 Å². The predicted octanol–water partition coefficient (Wildman–Crippen LogP) is 13.3. The van der Waals surface area contributed by atoms with Crippen LogP contribution in [0.5, 0.6) is 11.5 Å². The summed E-state index contributed by atoms with van der Waals surface area (Å²) < 4.78 is 76.0. The Morgan fingerprint density at radius 1 is 0.551 bits per heavy atom. The molecule has 98 heavy (non-hydrogen) atoms. The zero-order chi connectivity index (χ0) is 72.2. The van der Waals surface area contributed by atoms with Gasteiger partial charge < -0.3 is 51.3 Å². The Bertz CT molecular complexity index is 4620. The van der Waals surface area contributed by atoms with Crippen LogP contribution in [-0.2, 0) is 40.4 Å². The maximum atomic E-state index is 13.8. The van der Waals surface area contributed by atoms with Gasteiger partial charge in [-0.1, -0.05) is 89.0 Å². The van der Waals surface area contributed by atoms with E-state index in [4.69, 9.17) is 43.1 Å². The molecular weight excluding hydrogens is 1380 g/mol. The van der Waals surface area contributed by atoms with Crippen LogP contribution >= 0.6 is 45.9 Å². The number of anilines is 7. The lowest BCUT2D eigenvalue weighted by atomic mass is 9.86. The minimum Gasteiger partial charge on any atom is -0.492 e. The normalized spacial score (nSPS) is 12.2. The van der Waals surface area contributed by atoms with Gasteiger partial charge in [-0.3, -0.25) is 28.7 Å². The molecule has 0 unspecified atom stereocenters. The number of rotatable bonds is 21. The van der Waals surface area contributed by atoms with Gasteiger partial charge in [0.2, 0.25) is 20.0 Å². The fourth-order valence-corrected chi connectivity index (χ4v) is 13.2. The zero-order valence-corrected chi connectivity index (χ0v) is 61.0. The van der Waals surface area contributed by atoms with Crippen molar-refractivity contribution in [1.82, 2.24) is 15.0 Å². The summed E-state index contributed by atoms with van der Waals surface area (Å²) in [5.41, 5.74) is 8.09. The van der Waals surface area contributed by atoms with E-state index < -0.39 is 49.1 Å². The lowest BCUT2D eigenvalue weighted by Gasteiger charge is -2.28. The number of carbonyl (C=O) groups excluding carboxylic acids is 5. The molecule has 0 spiro atoms. The van der Waals surface area contributed by atoms with Gasteiger partial charge in [0.05, 0.1) is 104 Å². The number of carbonyl (C=O) groups is 5. The number of fused-ring (bicyclic) bond motifs is 2. The number of amides is 5. The Kier molecular flexibility index (Phi) is 25.5. The Morgan fingerprint density at radius 2 is 0.990 bits per heavy atom. The smallest absolute Gasteiger partial charge is 0.273 e. The van der Waals surface area contributed by atoms with Crippen LogP contribution in [0.4, 0.5) is 39.9 Å². The molecule has 9 rings (SSSR count). The first-order valence-corrected chi connectivity index (χ1v) is 36.1. The summed E-state index contributed by atoms with van der Waals surface area (Å²) in [6.07, 6.45) is 5.98. The van der Waals surface area contributed by atoms with Crippen molar-refractivity contribution in [3.05, 3.63) is 176 Å². The highest BCUT2D eigenvalue weighted by atomic mass is 35.5. The third kappa shape index (κ3) is 20.4. The van der Waals surface area contributed by atoms with E-state index in [2.05, 4.69) is 51.0 Å². The average Bonchev–Trinajstić information content (AvgIpc) is 0.861. The fourth-order valence-electron chi connectivity index (χ4n) is 9.45. The highest BCUT2D eigenvalue weighted by molar-refractivity contribution is 7.93. The number of methoxy groups -OCH3 is 4. The molecule has 9 aromatic rings. The molecule has 0 aliphatic rings. The van der Waals surface area contributed by atoms with Crippen molar-refractivity contribution < 1.29 is 59.8 Å². The van der Waals surface area contributed by atoms with Crippen molar-refractivity contribution in [3.63, 3.8) is 0 Å². The lowest BCUT2D eigenvalue weighted by molar-refractivity contribution is 0.0999. The topological polar surface area (TPSA) is 331 Å². The van der Waals surface area contributed by atoms with E-state index in [1.54, 1.807) is 93.1 Å². The maximum absolute atomic E-state index is 13.8. The highest BCUT2D eigenvalue weighted by Gasteiger charge is 2.34. The van der Waals surface area contributed by atoms with Gasteiger partial charge in [-0.25, -0.2) is 31.8 Å². The fraction of sp³-hybridized carbons (Fsp3) is 0.294. The first-order valence-electron chi connectivity index (χ1n) is 30.0. The van der Waals surface area contributed by atoms with E-state index in [1.807, 2.05) is 67.5 Å². The summed E-state index contributed by atoms with van der Waals surface area (Å²) in [4.78, 5) is 79.8. The van der Waals surface area contributed by atoms with E-state index in [9.17, 15) is 40.8 Å². The number of halogens is 2. The number of hydrogen-bond acceptors (Lipinski definition) is 20. The third-order valence-electron chi connectivity index (χ3n) is 14.1. The number of nitrogens with one attached hydrogen (secondary N) is 6. The molecule has 5 heterocycles. The van der Waals surface area contributed by atoms with E-state index in [0.29, 0.717) is 76.9 Å². The lowest BCUT2D eigenvalue weighted by Crippen LogP contribution is -2.37. The number of thiophene rings is 2. The van der Waals surface area contributed by atoms with Gasteiger partial charge in [0.25, 0.3) is 29.5 Å². The van der Waals surface area contributed by atoms with Crippen LogP contribution in [-0.4, -0.2) is 128 Å². The SMILES string of the molecule is COC[C@H](C)N.COC[C@H](C)Nc1ccc(C(=O)Nc2cccc3cc(C(=O)Nc4cc(C(C)(C)C)cc(NS(C)(=O)=O)c4OC)sc23)cn1.COc1c(NC(=O)c2cc3cccc(NC(=O)c4ccc(Cl)nc4)c3s2)cc(C(C)(C)C)cc1N(C(=O)c1ccc(Cl)nc1)S(C)(=O)=O. The van der Waals surface area contributed by atoms with Crippen molar-refractivity contribution >= 4 is 156 Å². The molecule has 0 fully saturated rings. The molecule has 0 bridgehead atoms. The van der Waals surface area contributed by atoms with Crippen LogP contribution in [0.2, 0.25) is 10.3 Å². The quantitative estimate of drug-likeness (QED) is 0.0329. The number of hydrogen-bond donors (Lipinski definition) is 7. The predicted molar refractivity (Wildman–Crippen MR) is 392 cm³/mol. The second-order valence-corrected chi connectivity index (χ2v) is 30.9. The molecule has 5 aromatic heterocycles. The highest BCUT2D eigenvalue weighted by Crippen LogP contribution is 2.44. The van der Waals surface area contributed by atoms with Gasteiger partial charge in [-0.15, -0.1) is 22.7 Å². The Balaban J connectivity index is 0.000000255. The van der Waals surface area contributed by atoms with Crippen LogP contribution < -0.4 is 50.8 Å². The molecule has 0 aliphatic carbocycles. The maximum Gasteiger partial charge on any atom is 0.273 e. The van der Waals surface area contributed by atoms with Crippen LogP contribution in [0.25, 0.3) is 20.2 Å². The summed E-state index contributed by atoms with van der Waals surface area (Å²) >= 11 is 14.1. The van der Waals surface area contributed by atoms with Gasteiger partial charge in [0.1, 0.15) is 21.8 Å². The van der Waals surface area contributed by atoms with E-state index >= 15 is 0 Å². The van der Waals surface area contributed by atoms with Gasteiger partial charge >= 0.3 is 0 Å². The number of pyridine rings is 3. The van der Waals surface area contributed by atoms with E-state index in [-0.39, 0.29) is 67.8 Å². The van der Waals surface area contributed by atoms with Gasteiger partial charge in [0, 0.05) is 44.9 Å². The Morgan fingerprint density at radius 3 is 1.39 bits per heavy atom. The van der Waals surface area contributed by atoms with Gasteiger partial charge in [0.15, 0.2) is 11.5 Å². The molecule has 4 aromatic carbocycles. The monoisotopic (exact) mass is 1450 g/mol. The molecule has 8 N–H and O–H groups in total. The van der Waals surface area contributed by atoms with Crippen molar-refractivity contribution in [2.45, 2.75) is 78.3 Å². The second kappa shape index (κ2) is 32.7. The molecule has 24 nitrogen and oxygen atoms in total. The van der Waals surface area contributed by atoms with Crippen molar-refractivity contribution in [2.24, 2.45) is 5.73 Å². The Hall–Kier alpha value is -8.84. The molecule has 30 heteroatoms.